The largest absolute Gasteiger partial charge is 0.493 e. The topological polar surface area (TPSA) is 87.1 Å². The minimum Gasteiger partial charge on any atom is -0.493 e. The standard InChI is InChI=1S/C39H47NO5/c41-38(42)15-6-7-25-40(36-13-8-12-33-27-34(39(43)44)22-23-35(33)36)26-24-32-11-4-5-14-37(32)45-28-31-20-18-30(19-21-31)17-16-29-9-2-1-3-10-29/h1-5,9-11,14,16-17,22-23,27,30-31,36H,6-8,12-13,15,18-21,24-26,28H2,(H,41,42)(H,43,44). The Morgan fingerprint density at radius 2 is 1.64 bits per heavy atom. The molecule has 0 saturated heterocycles. The highest BCUT2D eigenvalue weighted by Gasteiger charge is 2.27. The SMILES string of the molecule is O=C(O)CCCCN(CCc1ccccc1OCC1CCC(C=Cc2ccccc2)CC1)C1CCCc2cc(C(=O)O)ccc21. The number of allylic oxidation sites excluding steroid dienone is 1. The van der Waals surface area contributed by atoms with Gasteiger partial charge in [-0.15, -0.1) is 0 Å². The molecule has 2 N–H and O–H groups in total. The molecule has 1 saturated carbocycles. The van der Waals surface area contributed by atoms with Gasteiger partial charge in [0.15, 0.2) is 0 Å². The number of aliphatic carboxylic acids is 1. The fraction of sp³-hybridized carbons (Fsp3) is 0.436. The molecule has 0 amide bonds. The second-order valence-corrected chi connectivity index (χ2v) is 12.7. The van der Waals surface area contributed by atoms with Crippen molar-refractivity contribution in [2.45, 2.75) is 76.7 Å². The van der Waals surface area contributed by atoms with E-state index >= 15 is 0 Å². The fourth-order valence-electron chi connectivity index (χ4n) is 7.00. The first-order chi connectivity index (χ1) is 22.0. The lowest BCUT2D eigenvalue weighted by Gasteiger charge is -2.36. The van der Waals surface area contributed by atoms with Crippen molar-refractivity contribution >= 4 is 18.0 Å². The predicted octanol–water partition coefficient (Wildman–Crippen LogP) is 8.46. The number of carboxylic acid groups (broad SMARTS) is 2. The van der Waals surface area contributed by atoms with Crippen LogP contribution in [0.1, 0.15) is 96.4 Å². The van der Waals surface area contributed by atoms with E-state index in [4.69, 9.17) is 9.84 Å². The van der Waals surface area contributed by atoms with E-state index in [1.165, 1.54) is 42.4 Å². The Kier molecular flexibility index (Phi) is 11.9. The molecule has 5 rings (SSSR count). The van der Waals surface area contributed by atoms with Crippen LogP contribution in [0.4, 0.5) is 0 Å². The van der Waals surface area contributed by atoms with Crippen molar-refractivity contribution in [1.29, 1.82) is 0 Å². The highest BCUT2D eigenvalue weighted by Crippen LogP contribution is 2.36. The molecule has 0 spiro atoms. The van der Waals surface area contributed by atoms with E-state index in [1.807, 2.05) is 18.2 Å². The molecule has 2 aliphatic carbocycles. The van der Waals surface area contributed by atoms with Gasteiger partial charge in [0.05, 0.1) is 12.2 Å². The molecule has 0 bridgehead atoms. The molecule has 45 heavy (non-hydrogen) atoms. The fourth-order valence-corrected chi connectivity index (χ4v) is 7.00. The van der Waals surface area contributed by atoms with Crippen LogP contribution in [0.2, 0.25) is 0 Å². The summed E-state index contributed by atoms with van der Waals surface area (Å²) in [6.07, 6.45) is 14.8. The summed E-state index contributed by atoms with van der Waals surface area (Å²) in [5, 5.41) is 18.7. The number of carboxylic acids is 2. The normalized spacial score (nSPS) is 19.8. The summed E-state index contributed by atoms with van der Waals surface area (Å²) in [4.78, 5) is 25.2. The van der Waals surface area contributed by atoms with Gasteiger partial charge in [-0.2, -0.15) is 0 Å². The van der Waals surface area contributed by atoms with Crippen molar-refractivity contribution < 1.29 is 24.5 Å². The van der Waals surface area contributed by atoms with Crippen molar-refractivity contribution in [3.05, 3.63) is 107 Å². The van der Waals surface area contributed by atoms with E-state index in [9.17, 15) is 14.7 Å². The van der Waals surface area contributed by atoms with Crippen LogP contribution in [0.25, 0.3) is 6.08 Å². The lowest BCUT2D eigenvalue weighted by Crippen LogP contribution is -2.34. The minimum absolute atomic E-state index is 0.180. The highest BCUT2D eigenvalue weighted by atomic mass is 16.5. The molecule has 6 nitrogen and oxygen atoms in total. The number of para-hydroxylation sites is 1. The average molecular weight is 610 g/mol. The second-order valence-electron chi connectivity index (χ2n) is 12.7. The average Bonchev–Trinajstić information content (AvgIpc) is 3.07. The molecule has 0 radical (unpaired) electrons. The molecule has 3 aromatic rings. The summed E-state index contributed by atoms with van der Waals surface area (Å²) >= 11 is 0. The highest BCUT2D eigenvalue weighted by molar-refractivity contribution is 5.88. The molecule has 3 aromatic carbocycles. The van der Waals surface area contributed by atoms with Gasteiger partial charge in [-0.3, -0.25) is 9.69 Å². The van der Waals surface area contributed by atoms with Crippen LogP contribution in [0.5, 0.6) is 5.75 Å². The maximum Gasteiger partial charge on any atom is 0.335 e. The van der Waals surface area contributed by atoms with Gasteiger partial charge in [0, 0.05) is 19.0 Å². The Hall–Kier alpha value is -3.90. The van der Waals surface area contributed by atoms with Crippen LogP contribution in [0.3, 0.4) is 0 Å². The number of unbranched alkanes of at least 4 members (excludes halogenated alkanes) is 1. The van der Waals surface area contributed by atoms with Crippen LogP contribution in [-0.4, -0.2) is 46.7 Å². The lowest BCUT2D eigenvalue weighted by molar-refractivity contribution is -0.137. The molecule has 2 aliphatic rings. The monoisotopic (exact) mass is 609 g/mol. The number of aryl methyl sites for hydroxylation is 1. The number of hydrogen-bond acceptors (Lipinski definition) is 4. The van der Waals surface area contributed by atoms with Gasteiger partial charge in [0.1, 0.15) is 5.75 Å². The molecular formula is C39H47NO5. The number of rotatable bonds is 15. The van der Waals surface area contributed by atoms with E-state index in [-0.39, 0.29) is 12.5 Å². The molecule has 1 atom stereocenters. The summed E-state index contributed by atoms with van der Waals surface area (Å²) in [6, 6.07) is 24.6. The second kappa shape index (κ2) is 16.4. The molecular weight excluding hydrogens is 562 g/mol. The zero-order valence-corrected chi connectivity index (χ0v) is 26.3. The Bertz CT molecular complexity index is 1430. The predicted molar refractivity (Wildman–Crippen MR) is 179 cm³/mol. The number of nitrogens with zero attached hydrogens (tertiary/aromatic N) is 1. The van der Waals surface area contributed by atoms with Gasteiger partial charge in [-0.05, 0) is 123 Å². The Morgan fingerprint density at radius 1 is 0.867 bits per heavy atom. The van der Waals surface area contributed by atoms with E-state index in [2.05, 4.69) is 65.6 Å². The smallest absolute Gasteiger partial charge is 0.335 e. The van der Waals surface area contributed by atoms with Crippen LogP contribution >= 0.6 is 0 Å². The van der Waals surface area contributed by atoms with Gasteiger partial charge in [-0.25, -0.2) is 4.79 Å². The first kappa shape index (κ1) is 32.5. The molecule has 6 heteroatoms. The minimum atomic E-state index is -0.894. The number of ether oxygens (including phenoxy) is 1. The summed E-state index contributed by atoms with van der Waals surface area (Å²) in [7, 11) is 0. The van der Waals surface area contributed by atoms with E-state index in [0.29, 0.717) is 23.8 Å². The first-order valence-electron chi connectivity index (χ1n) is 16.7. The van der Waals surface area contributed by atoms with Gasteiger partial charge >= 0.3 is 11.9 Å². The summed E-state index contributed by atoms with van der Waals surface area (Å²) in [5.74, 6) is 0.518. The molecule has 1 unspecified atom stereocenters. The van der Waals surface area contributed by atoms with E-state index in [0.717, 1.165) is 63.1 Å². The quantitative estimate of drug-likeness (QED) is 0.168. The lowest BCUT2D eigenvalue weighted by atomic mass is 9.82. The zero-order chi connectivity index (χ0) is 31.4. The third-order valence-electron chi connectivity index (χ3n) is 9.57. The number of hydrogen-bond donors (Lipinski definition) is 2. The van der Waals surface area contributed by atoms with E-state index in [1.54, 1.807) is 6.07 Å². The van der Waals surface area contributed by atoms with Gasteiger partial charge in [0.2, 0.25) is 0 Å². The van der Waals surface area contributed by atoms with E-state index < -0.39 is 11.9 Å². The number of fused-ring (bicyclic) bond motifs is 1. The van der Waals surface area contributed by atoms with Gasteiger partial charge < -0.3 is 14.9 Å². The van der Waals surface area contributed by atoms with Crippen molar-refractivity contribution in [2.24, 2.45) is 11.8 Å². The Labute approximate surface area is 267 Å². The number of carbonyl (C=O) groups is 2. The maximum absolute atomic E-state index is 11.6. The summed E-state index contributed by atoms with van der Waals surface area (Å²) in [5.41, 5.74) is 5.13. The van der Waals surface area contributed by atoms with Crippen LogP contribution in [0, 0.1) is 11.8 Å². The van der Waals surface area contributed by atoms with Gasteiger partial charge in [0.25, 0.3) is 0 Å². The molecule has 0 aromatic heterocycles. The summed E-state index contributed by atoms with van der Waals surface area (Å²) in [6.45, 7) is 2.38. The first-order valence-corrected chi connectivity index (χ1v) is 16.7. The number of benzene rings is 3. The maximum atomic E-state index is 11.6. The van der Waals surface area contributed by atoms with Crippen molar-refractivity contribution in [2.75, 3.05) is 19.7 Å². The van der Waals surface area contributed by atoms with Crippen LogP contribution < -0.4 is 4.74 Å². The molecule has 1 fully saturated rings. The van der Waals surface area contributed by atoms with Gasteiger partial charge in [-0.1, -0.05) is 66.7 Å². The third-order valence-corrected chi connectivity index (χ3v) is 9.57. The van der Waals surface area contributed by atoms with Crippen molar-refractivity contribution in [1.82, 2.24) is 4.90 Å². The molecule has 238 valence electrons. The molecule has 0 heterocycles. The Balaban J connectivity index is 1.19. The third kappa shape index (κ3) is 9.54. The number of aromatic carboxylic acids is 1. The zero-order valence-electron chi connectivity index (χ0n) is 26.3. The van der Waals surface area contributed by atoms with Crippen LogP contribution in [-0.2, 0) is 17.6 Å². The molecule has 0 aliphatic heterocycles. The Morgan fingerprint density at radius 3 is 2.42 bits per heavy atom. The summed E-state index contributed by atoms with van der Waals surface area (Å²) < 4.78 is 6.48. The van der Waals surface area contributed by atoms with Crippen LogP contribution in [0.15, 0.2) is 78.9 Å². The van der Waals surface area contributed by atoms with Crippen molar-refractivity contribution in [3.8, 4) is 5.75 Å². The van der Waals surface area contributed by atoms with Crippen molar-refractivity contribution in [3.63, 3.8) is 0 Å².